The molecule has 1 unspecified atom stereocenters. The van der Waals surface area contributed by atoms with E-state index >= 15 is 13.2 Å². The Morgan fingerprint density at radius 3 is 1.95 bits per heavy atom. The van der Waals surface area contributed by atoms with Crippen LogP contribution in [0.3, 0.4) is 0 Å². The minimum absolute atomic E-state index is 0.172. The lowest BCUT2D eigenvalue weighted by Crippen LogP contribution is -2.23. The molecule has 3 aliphatic rings. The van der Waals surface area contributed by atoms with Crippen LogP contribution in [0.1, 0.15) is 137 Å². The first-order valence-corrected chi connectivity index (χ1v) is 16.8. The molecule has 0 aromatic heterocycles. The molecule has 8 heteroatoms. The van der Waals surface area contributed by atoms with E-state index in [4.69, 9.17) is 0 Å². The molecule has 44 heavy (non-hydrogen) atoms. The normalized spacial score (nSPS) is 26.0. The first kappa shape index (κ1) is 33.1. The van der Waals surface area contributed by atoms with Crippen LogP contribution in [-0.4, -0.2) is 6.36 Å². The molecule has 1 nitrogen and oxygen atoms in total. The Labute approximate surface area is 257 Å². The molecule has 2 saturated carbocycles. The van der Waals surface area contributed by atoms with E-state index in [9.17, 15) is 17.6 Å². The number of alkyl halides is 3. The quantitative estimate of drug-likeness (QED) is 0.145. The largest absolute Gasteiger partial charge is 0.573 e. The van der Waals surface area contributed by atoms with Crippen molar-refractivity contribution in [2.75, 3.05) is 0 Å². The van der Waals surface area contributed by atoms with Crippen LogP contribution >= 0.6 is 0 Å². The Morgan fingerprint density at radius 1 is 0.682 bits per heavy atom. The van der Waals surface area contributed by atoms with Gasteiger partial charge >= 0.3 is 6.36 Å². The summed E-state index contributed by atoms with van der Waals surface area (Å²) >= 11 is 0. The topological polar surface area (TPSA) is 9.23 Å². The van der Waals surface area contributed by atoms with Crippen LogP contribution < -0.4 is 4.74 Å². The van der Waals surface area contributed by atoms with Crippen LogP contribution in [0.4, 0.5) is 30.7 Å². The zero-order valence-electron chi connectivity index (χ0n) is 25.7. The summed E-state index contributed by atoms with van der Waals surface area (Å²) in [5.74, 6) is -3.47. The highest BCUT2D eigenvalue weighted by Crippen LogP contribution is 2.46. The Bertz CT molecular complexity index is 1260. The molecule has 5 rings (SSSR count). The van der Waals surface area contributed by atoms with E-state index in [0.717, 1.165) is 37.3 Å². The molecular weight excluding hydrogens is 581 g/mol. The van der Waals surface area contributed by atoms with Crippen LogP contribution in [0.15, 0.2) is 18.2 Å². The second-order valence-corrected chi connectivity index (χ2v) is 13.7. The zero-order chi connectivity index (χ0) is 31.4. The highest BCUT2D eigenvalue weighted by Gasteiger charge is 2.36. The molecule has 0 bridgehead atoms. The van der Waals surface area contributed by atoms with Gasteiger partial charge in [-0.05, 0) is 110 Å². The third-order valence-corrected chi connectivity index (χ3v) is 10.8. The fourth-order valence-corrected chi connectivity index (χ4v) is 8.25. The van der Waals surface area contributed by atoms with Gasteiger partial charge in [-0.15, -0.1) is 13.2 Å². The van der Waals surface area contributed by atoms with Crippen molar-refractivity contribution >= 4 is 0 Å². The predicted octanol–water partition coefficient (Wildman–Crippen LogP) is 11.9. The van der Waals surface area contributed by atoms with Crippen LogP contribution in [0.5, 0.6) is 5.75 Å². The number of hydrogen-bond acceptors (Lipinski definition) is 1. The SMILES string of the molecule is CCCCCC1CCC(CCC2CCc3c(F)c(C4CCC(c5ccc(OC(F)(F)F)c(F)c5)CC4)c(F)c(F)c3C2)CC1. The third kappa shape index (κ3) is 7.93. The van der Waals surface area contributed by atoms with Gasteiger partial charge in [0, 0.05) is 5.56 Å². The maximum atomic E-state index is 15.8. The van der Waals surface area contributed by atoms with Gasteiger partial charge in [-0.3, -0.25) is 0 Å². The van der Waals surface area contributed by atoms with Crippen molar-refractivity contribution in [3.63, 3.8) is 0 Å². The first-order chi connectivity index (χ1) is 21.0. The Balaban J connectivity index is 1.16. The van der Waals surface area contributed by atoms with E-state index in [1.807, 2.05) is 0 Å². The molecule has 0 aliphatic heterocycles. The van der Waals surface area contributed by atoms with E-state index in [-0.39, 0.29) is 23.0 Å². The van der Waals surface area contributed by atoms with E-state index in [2.05, 4.69) is 11.7 Å². The summed E-state index contributed by atoms with van der Waals surface area (Å²) in [5.41, 5.74) is 0.880. The van der Waals surface area contributed by atoms with Gasteiger partial charge in [-0.2, -0.15) is 0 Å². The van der Waals surface area contributed by atoms with Gasteiger partial charge in [0.15, 0.2) is 23.2 Å². The Hall–Kier alpha value is -2.25. The summed E-state index contributed by atoms with van der Waals surface area (Å²) in [5, 5.41) is 0. The fourth-order valence-electron chi connectivity index (χ4n) is 8.25. The number of rotatable bonds is 10. The molecule has 0 heterocycles. The first-order valence-electron chi connectivity index (χ1n) is 16.8. The van der Waals surface area contributed by atoms with Crippen LogP contribution in [-0.2, 0) is 12.8 Å². The van der Waals surface area contributed by atoms with Crippen LogP contribution in [0.2, 0.25) is 0 Å². The number of halogens is 7. The van der Waals surface area contributed by atoms with Crippen molar-refractivity contribution in [1.29, 1.82) is 0 Å². The molecule has 1 atom stereocenters. The van der Waals surface area contributed by atoms with Gasteiger partial charge in [0.25, 0.3) is 0 Å². The minimum Gasteiger partial charge on any atom is -0.403 e. The van der Waals surface area contributed by atoms with Crippen molar-refractivity contribution in [2.24, 2.45) is 17.8 Å². The van der Waals surface area contributed by atoms with Crippen molar-refractivity contribution < 1.29 is 35.5 Å². The van der Waals surface area contributed by atoms with Gasteiger partial charge < -0.3 is 4.74 Å². The molecule has 0 N–H and O–H groups in total. The zero-order valence-corrected chi connectivity index (χ0v) is 25.7. The number of hydrogen-bond donors (Lipinski definition) is 0. The van der Waals surface area contributed by atoms with E-state index in [0.29, 0.717) is 55.6 Å². The van der Waals surface area contributed by atoms with Crippen molar-refractivity contribution in [3.05, 3.63) is 63.7 Å². The molecule has 2 aromatic rings. The minimum atomic E-state index is -4.99. The van der Waals surface area contributed by atoms with Gasteiger partial charge in [-0.1, -0.05) is 70.8 Å². The summed E-state index contributed by atoms with van der Waals surface area (Å²) in [6.45, 7) is 2.24. The molecule has 0 saturated heterocycles. The van der Waals surface area contributed by atoms with E-state index in [1.165, 1.54) is 57.4 Å². The maximum Gasteiger partial charge on any atom is 0.573 e. The Morgan fingerprint density at radius 2 is 1.32 bits per heavy atom. The molecule has 2 aromatic carbocycles. The van der Waals surface area contributed by atoms with Gasteiger partial charge in [-0.25, -0.2) is 17.6 Å². The van der Waals surface area contributed by atoms with Gasteiger partial charge in [0.2, 0.25) is 0 Å². The molecular formula is C36H45F7O. The predicted molar refractivity (Wildman–Crippen MR) is 158 cm³/mol. The average molecular weight is 627 g/mol. The number of fused-ring (bicyclic) bond motifs is 1. The van der Waals surface area contributed by atoms with E-state index < -0.39 is 41.3 Å². The smallest absolute Gasteiger partial charge is 0.403 e. The third-order valence-electron chi connectivity index (χ3n) is 10.8. The molecule has 0 radical (unpaired) electrons. The molecule has 0 amide bonds. The number of ether oxygens (including phenoxy) is 1. The lowest BCUT2D eigenvalue weighted by Gasteiger charge is -2.33. The summed E-state index contributed by atoms with van der Waals surface area (Å²) in [6.07, 6.45) is 10.7. The second kappa shape index (κ2) is 14.5. The Kier molecular flexibility index (Phi) is 10.9. The number of benzene rings is 2. The van der Waals surface area contributed by atoms with Crippen molar-refractivity contribution in [2.45, 2.75) is 134 Å². The maximum absolute atomic E-state index is 15.8. The van der Waals surface area contributed by atoms with Crippen LogP contribution in [0.25, 0.3) is 0 Å². The van der Waals surface area contributed by atoms with Gasteiger partial charge in [0.05, 0.1) is 0 Å². The molecule has 0 spiro atoms. The summed E-state index contributed by atoms with van der Waals surface area (Å²) in [7, 11) is 0. The lowest BCUT2D eigenvalue weighted by atomic mass is 9.73. The van der Waals surface area contributed by atoms with Crippen LogP contribution in [0, 0.1) is 41.0 Å². The molecule has 3 aliphatic carbocycles. The molecule has 244 valence electrons. The summed E-state index contributed by atoms with van der Waals surface area (Å²) < 4.78 is 102. The summed E-state index contributed by atoms with van der Waals surface area (Å²) in [6, 6.07) is 3.38. The highest BCUT2D eigenvalue weighted by atomic mass is 19.4. The monoisotopic (exact) mass is 626 g/mol. The highest BCUT2D eigenvalue weighted by molar-refractivity contribution is 5.41. The summed E-state index contributed by atoms with van der Waals surface area (Å²) in [4.78, 5) is 0. The number of unbranched alkanes of at least 4 members (excludes halogenated alkanes) is 2. The average Bonchev–Trinajstić information content (AvgIpc) is 3.00. The fraction of sp³-hybridized carbons (Fsp3) is 0.667. The van der Waals surface area contributed by atoms with E-state index in [1.54, 1.807) is 0 Å². The standard InChI is InChI=1S/C36H45F7O/c1-2-3-4-5-22-6-8-23(9-7-22)10-11-24-12-18-28-29(20-24)34(39)35(40)32(33(28)38)26-15-13-25(14-16-26)27-17-19-31(30(37)21-27)44-36(41,42)43/h17,19,21-26H,2-16,18,20H2,1H3. The molecule has 2 fully saturated rings. The second-order valence-electron chi connectivity index (χ2n) is 13.7. The van der Waals surface area contributed by atoms with Crippen molar-refractivity contribution in [1.82, 2.24) is 0 Å². The van der Waals surface area contributed by atoms with Crippen molar-refractivity contribution in [3.8, 4) is 5.75 Å². The van der Waals surface area contributed by atoms with Gasteiger partial charge in [0.1, 0.15) is 5.82 Å². The lowest BCUT2D eigenvalue weighted by molar-refractivity contribution is -0.275.